The lowest BCUT2D eigenvalue weighted by molar-refractivity contribution is -0.120. The highest BCUT2D eigenvalue weighted by Crippen LogP contribution is 2.17. The van der Waals surface area contributed by atoms with Gasteiger partial charge in [-0.15, -0.1) is 0 Å². The van der Waals surface area contributed by atoms with Gasteiger partial charge in [-0.2, -0.15) is 0 Å². The summed E-state index contributed by atoms with van der Waals surface area (Å²) in [7, 11) is 0. The number of para-hydroxylation sites is 1. The first-order valence-corrected chi connectivity index (χ1v) is 7.38. The highest BCUT2D eigenvalue weighted by molar-refractivity contribution is 5.78. The van der Waals surface area contributed by atoms with Crippen molar-refractivity contribution in [1.29, 1.82) is 0 Å². The van der Waals surface area contributed by atoms with Crippen molar-refractivity contribution in [3.05, 3.63) is 59.7 Å². The molecule has 1 amide bonds. The summed E-state index contributed by atoms with van der Waals surface area (Å²) in [6.07, 6.45) is 0.258. The van der Waals surface area contributed by atoms with Crippen LogP contribution in [0.3, 0.4) is 0 Å². The zero-order chi connectivity index (χ0) is 15.9. The molecule has 22 heavy (non-hydrogen) atoms. The van der Waals surface area contributed by atoms with Gasteiger partial charge in [-0.05, 0) is 43.2 Å². The van der Waals surface area contributed by atoms with E-state index in [-0.39, 0.29) is 12.0 Å². The zero-order valence-corrected chi connectivity index (χ0v) is 13.0. The van der Waals surface area contributed by atoms with E-state index in [4.69, 9.17) is 10.5 Å². The first-order valence-electron chi connectivity index (χ1n) is 7.38. The van der Waals surface area contributed by atoms with Crippen molar-refractivity contribution in [2.45, 2.75) is 26.4 Å². The molecular formula is C18H22N2O2. The number of carbonyl (C=O) groups excluding carboxylic acids is 1. The van der Waals surface area contributed by atoms with Crippen molar-refractivity contribution in [2.24, 2.45) is 0 Å². The van der Waals surface area contributed by atoms with Gasteiger partial charge in [0.05, 0.1) is 13.0 Å². The third-order valence-corrected chi connectivity index (χ3v) is 3.35. The van der Waals surface area contributed by atoms with Gasteiger partial charge in [-0.1, -0.05) is 30.3 Å². The molecule has 0 aliphatic heterocycles. The Bertz CT molecular complexity index is 623. The highest BCUT2D eigenvalue weighted by Gasteiger charge is 2.09. The van der Waals surface area contributed by atoms with Crippen LogP contribution in [0.15, 0.2) is 48.5 Å². The fraction of sp³-hybridized carbons (Fsp3) is 0.278. The topological polar surface area (TPSA) is 64.3 Å². The number of carbonyl (C=O) groups is 1. The molecule has 0 spiro atoms. The fourth-order valence-electron chi connectivity index (χ4n) is 2.09. The standard InChI is InChI=1S/C18H22N2O2/c1-13-5-3-4-6-17(13)22-14(2)12-20-18(21)11-15-7-9-16(19)10-8-15/h3-10,14H,11-12,19H2,1-2H3,(H,20,21). The summed E-state index contributed by atoms with van der Waals surface area (Å²) in [4.78, 5) is 11.9. The molecule has 116 valence electrons. The second-order valence-electron chi connectivity index (χ2n) is 5.42. The SMILES string of the molecule is Cc1ccccc1OC(C)CNC(=O)Cc1ccc(N)cc1. The Balaban J connectivity index is 1.78. The number of aryl methyl sites for hydroxylation is 1. The van der Waals surface area contributed by atoms with Gasteiger partial charge in [0.2, 0.25) is 5.91 Å². The van der Waals surface area contributed by atoms with E-state index < -0.39 is 0 Å². The maximum absolute atomic E-state index is 11.9. The molecule has 0 aromatic heterocycles. The van der Waals surface area contributed by atoms with Gasteiger partial charge in [0.1, 0.15) is 11.9 Å². The molecule has 4 heteroatoms. The van der Waals surface area contributed by atoms with Gasteiger partial charge in [0.25, 0.3) is 0 Å². The minimum atomic E-state index is -0.0866. The molecular weight excluding hydrogens is 276 g/mol. The number of nitrogen functional groups attached to an aromatic ring is 1. The maximum Gasteiger partial charge on any atom is 0.224 e. The molecule has 2 aromatic carbocycles. The number of nitrogens with one attached hydrogen (secondary N) is 1. The Morgan fingerprint density at radius 2 is 1.86 bits per heavy atom. The van der Waals surface area contributed by atoms with E-state index >= 15 is 0 Å². The lowest BCUT2D eigenvalue weighted by Gasteiger charge is -2.17. The van der Waals surface area contributed by atoms with Gasteiger partial charge >= 0.3 is 0 Å². The lowest BCUT2D eigenvalue weighted by Crippen LogP contribution is -2.34. The molecule has 0 bridgehead atoms. The van der Waals surface area contributed by atoms with E-state index in [0.717, 1.165) is 16.9 Å². The molecule has 0 heterocycles. The number of hydrogen-bond acceptors (Lipinski definition) is 3. The molecule has 0 radical (unpaired) electrons. The van der Waals surface area contributed by atoms with Crippen molar-refractivity contribution in [1.82, 2.24) is 5.32 Å². The van der Waals surface area contributed by atoms with Gasteiger partial charge in [-0.3, -0.25) is 4.79 Å². The summed E-state index contributed by atoms with van der Waals surface area (Å²) < 4.78 is 5.83. The average Bonchev–Trinajstić information content (AvgIpc) is 2.50. The van der Waals surface area contributed by atoms with Gasteiger partial charge in [-0.25, -0.2) is 0 Å². The molecule has 0 saturated carbocycles. The van der Waals surface area contributed by atoms with Crippen molar-refractivity contribution in [3.8, 4) is 5.75 Å². The van der Waals surface area contributed by atoms with Crippen molar-refractivity contribution in [3.63, 3.8) is 0 Å². The second kappa shape index (κ2) is 7.50. The van der Waals surface area contributed by atoms with Crippen molar-refractivity contribution < 1.29 is 9.53 Å². The number of rotatable bonds is 6. The zero-order valence-electron chi connectivity index (χ0n) is 13.0. The first kappa shape index (κ1) is 15.9. The molecule has 2 rings (SSSR count). The molecule has 4 nitrogen and oxygen atoms in total. The molecule has 3 N–H and O–H groups in total. The van der Waals surface area contributed by atoms with E-state index in [9.17, 15) is 4.79 Å². The van der Waals surface area contributed by atoms with E-state index in [1.165, 1.54) is 0 Å². The summed E-state index contributed by atoms with van der Waals surface area (Å²) >= 11 is 0. The highest BCUT2D eigenvalue weighted by atomic mass is 16.5. The number of benzene rings is 2. The van der Waals surface area contributed by atoms with Crippen molar-refractivity contribution >= 4 is 11.6 Å². The third kappa shape index (κ3) is 4.81. The second-order valence-corrected chi connectivity index (χ2v) is 5.42. The lowest BCUT2D eigenvalue weighted by atomic mass is 10.1. The molecule has 0 saturated heterocycles. The number of amides is 1. The van der Waals surface area contributed by atoms with Crippen LogP contribution in [0.2, 0.25) is 0 Å². The van der Waals surface area contributed by atoms with Crippen LogP contribution in [0.4, 0.5) is 5.69 Å². The molecule has 2 aromatic rings. The van der Waals surface area contributed by atoms with Gasteiger partial charge in [0.15, 0.2) is 0 Å². The number of hydrogen-bond donors (Lipinski definition) is 2. The predicted octanol–water partition coefficient (Wildman–Crippen LogP) is 2.70. The average molecular weight is 298 g/mol. The first-order chi connectivity index (χ1) is 10.5. The van der Waals surface area contributed by atoms with Crippen LogP contribution in [0, 0.1) is 6.92 Å². The van der Waals surface area contributed by atoms with Crippen LogP contribution in [-0.4, -0.2) is 18.6 Å². The minimum absolute atomic E-state index is 0.0231. The summed E-state index contributed by atoms with van der Waals surface area (Å²) in [5.74, 6) is 0.827. The van der Waals surface area contributed by atoms with Crippen LogP contribution in [-0.2, 0) is 11.2 Å². The Hall–Kier alpha value is -2.49. The third-order valence-electron chi connectivity index (χ3n) is 3.35. The van der Waals surface area contributed by atoms with E-state index in [1.807, 2.05) is 50.2 Å². The van der Waals surface area contributed by atoms with Crippen LogP contribution in [0.1, 0.15) is 18.1 Å². The Morgan fingerprint density at radius 1 is 1.18 bits per heavy atom. The minimum Gasteiger partial charge on any atom is -0.489 e. The Morgan fingerprint density at radius 3 is 2.55 bits per heavy atom. The molecule has 0 aliphatic rings. The number of nitrogens with two attached hydrogens (primary N) is 1. The summed E-state index contributed by atoms with van der Waals surface area (Å²) in [6, 6.07) is 15.2. The summed E-state index contributed by atoms with van der Waals surface area (Å²) in [5.41, 5.74) is 8.35. The van der Waals surface area contributed by atoms with E-state index in [2.05, 4.69) is 5.32 Å². The maximum atomic E-state index is 11.9. The van der Waals surface area contributed by atoms with Gasteiger partial charge in [0, 0.05) is 5.69 Å². The number of ether oxygens (including phenoxy) is 1. The smallest absolute Gasteiger partial charge is 0.224 e. The fourth-order valence-corrected chi connectivity index (χ4v) is 2.09. The predicted molar refractivity (Wildman–Crippen MR) is 88.8 cm³/mol. The van der Waals surface area contributed by atoms with E-state index in [1.54, 1.807) is 12.1 Å². The van der Waals surface area contributed by atoms with E-state index in [0.29, 0.717) is 18.7 Å². The van der Waals surface area contributed by atoms with Gasteiger partial charge < -0.3 is 15.8 Å². The molecule has 0 aliphatic carbocycles. The van der Waals surface area contributed by atoms with Crippen LogP contribution >= 0.6 is 0 Å². The quantitative estimate of drug-likeness (QED) is 0.806. The Kier molecular flexibility index (Phi) is 5.42. The number of anilines is 1. The normalized spacial score (nSPS) is 11.7. The van der Waals surface area contributed by atoms with Crippen molar-refractivity contribution in [2.75, 3.05) is 12.3 Å². The van der Waals surface area contributed by atoms with Crippen LogP contribution in [0.5, 0.6) is 5.75 Å². The molecule has 1 unspecified atom stereocenters. The monoisotopic (exact) mass is 298 g/mol. The van der Waals surface area contributed by atoms with Crippen LogP contribution < -0.4 is 15.8 Å². The molecule has 0 fully saturated rings. The largest absolute Gasteiger partial charge is 0.489 e. The Labute approximate surface area is 131 Å². The summed E-state index contributed by atoms with van der Waals surface area (Å²) in [5, 5.41) is 2.89. The van der Waals surface area contributed by atoms with Crippen LogP contribution in [0.25, 0.3) is 0 Å². The molecule has 1 atom stereocenters. The summed E-state index contributed by atoms with van der Waals surface area (Å²) in [6.45, 7) is 4.42.